The lowest BCUT2D eigenvalue weighted by Crippen LogP contribution is -2.21. The van der Waals surface area contributed by atoms with Crippen molar-refractivity contribution in [2.45, 2.75) is 20.1 Å². The molecule has 0 aliphatic rings. The van der Waals surface area contributed by atoms with Crippen LogP contribution >= 0.6 is 0 Å². The largest absolute Gasteiger partial charge is 0.464 e. The van der Waals surface area contributed by atoms with Crippen LogP contribution in [-0.2, 0) is 6.54 Å². The van der Waals surface area contributed by atoms with Gasteiger partial charge in [0.05, 0.1) is 36.3 Å². The van der Waals surface area contributed by atoms with Gasteiger partial charge >= 0.3 is 12.6 Å². The molecule has 0 unspecified atom stereocenters. The summed E-state index contributed by atoms with van der Waals surface area (Å²) >= 11 is 0. The summed E-state index contributed by atoms with van der Waals surface area (Å²) in [5.74, 6) is -0.0329. The number of nitrogens with zero attached hydrogens (tertiary/aromatic N) is 5. The lowest BCUT2D eigenvalue weighted by atomic mass is 10.0. The minimum atomic E-state index is -2.96. The number of imidazole rings is 1. The molecule has 0 radical (unpaired) electrons. The van der Waals surface area contributed by atoms with Gasteiger partial charge in [-0.3, -0.25) is 9.36 Å². The molecule has 0 aliphatic heterocycles. The predicted octanol–water partition coefficient (Wildman–Crippen LogP) is 3.79. The van der Waals surface area contributed by atoms with Crippen molar-refractivity contribution in [1.82, 2.24) is 24.1 Å². The Balaban J connectivity index is 1.73. The van der Waals surface area contributed by atoms with Gasteiger partial charge in [0, 0.05) is 23.7 Å². The zero-order chi connectivity index (χ0) is 25.2. The highest BCUT2D eigenvalue weighted by atomic mass is 19.3. The zero-order valence-corrected chi connectivity index (χ0v) is 19.1. The van der Waals surface area contributed by atoms with Gasteiger partial charge in [0.15, 0.2) is 5.65 Å². The second-order valence-corrected chi connectivity index (χ2v) is 7.80. The number of ether oxygens (including phenoxy) is 2. The summed E-state index contributed by atoms with van der Waals surface area (Å²) in [6.45, 7) is -0.511. The molecule has 0 saturated heterocycles. The average molecular weight is 493 g/mol. The number of rotatable bonds is 8. The summed E-state index contributed by atoms with van der Waals surface area (Å²) in [7, 11) is 0. The Labute approximate surface area is 203 Å². The molecule has 0 amide bonds. The third-order valence-electron chi connectivity index (χ3n) is 5.59. The molecule has 5 rings (SSSR count). The molecule has 184 valence electrons. The first-order valence-corrected chi connectivity index (χ1v) is 11.2. The minimum Gasteiger partial charge on any atom is -0.464 e. The highest BCUT2D eigenvalue weighted by Crippen LogP contribution is 2.27. The number of pyridine rings is 1. The van der Waals surface area contributed by atoms with E-state index in [0.29, 0.717) is 41.0 Å². The van der Waals surface area contributed by atoms with E-state index in [1.807, 2.05) is 6.07 Å². The van der Waals surface area contributed by atoms with Crippen LogP contribution in [0, 0.1) is 0 Å². The molecule has 3 aromatic heterocycles. The van der Waals surface area contributed by atoms with Crippen LogP contribution in [0.15, 0.2) is 65.8 Å². The Morgan fingerprint density at radius 1 is 1.08 bits per heavy atom. The molecular formula is C25H21F2N5O4. The van der Waals surface area contributed by atoms with E-state index in [4.69, 9.17) is 4.74 Å². The van der Waals surface area contributed by atoms with Gasteiger partial charge in [-0.2, -0.15) is 13.8 Å². The topological polar surface area (TPSA) is 104 Å². The molecule has 9 nitrogen and oxygen atoms in total. The van der Waals surface area contributed by atoms with Gasteiger partial charge in [0.1, 0.15) is 5.75 Å². The maximum Gasteiger partial charge on any atom is 0.387 e. The molecule has 5 aromatic rings. The van der Waals surface area contributed by atoms with Gasteiger partial charge in [-0.25, -0.2) is 9.97 Å². The molecule has 1 N–H and O–H groups in total. The van der Waals surface area contributed by atoms with Crippen LogP contribution in [0.1, 0.15) is 6.92 Å². The molecule has 36 heavy (non-hydrogen) atoms. The summed E-state index contributed by atoms with van der Waals surface area (Å²) in [4.78, 5) is 26.8. The minimum absolute atomic E-state index is 0.0329. The third kappa shape index (κ3) is 4.36. The molecular weight excluding hydrogens is 472 g/mol. The molecule has 0 saturated carbocycles. The van der Waals surface area contributed by atoms with Gasteiger partial charge in [0.2, 0.25) is 0 Å². The molecule has 0 fully saturated rings. The lowest BCUT2D eigenvalue weighted by Gasteiger charge is -2.14. The lowest BCUT2D eigenvalue weighted by molar-refractivity contribution is -0.0498. The number of hydrogen-bond donors (Lipinski definition) is 1. The van der Waals surface area contributed by atoms with E-state index in [2.05, 4.69) is 19.7 Å². The molecule has 0 atom stereocenters. The average Bonchev–Trinajstić information content (AvgIpc) is 3.26. The first-order chi connectivity index (χ1) is 17.5. The number of aromatic nitrogens is 5. The summed E-state index contributed by atoms with van der Waals surface area (Å²) in [6.07, 6.45) is 3.20. The van der Waals surface area contributed by atoms with Crippen molar-refractivity contribution < 1.29 is 23.4 Å². The number of hydrogen-bond acceptors (Lipinski definition) is 7. The summed E-state index contributed by atoms with van der Waals surface area (Å²) < 4.78 is 38.3. The van der Waals surface area contributed by atoms with E-state index in [-0.39, 0.29) is 23.9 Å². The smallest absolute Gasteiger partial charge is 0.387 e. The third-order valence-corrected chi connectivity index (χ3v) is 5.59. The van der Waals surface area contributed by atoms with Crippen LogP contribution in [0.2, 0.25) is 0 Å². The van der Waals surface area contributed by atoms with Crippen LogP contribution < -0.4 is 15.0 Å². The second-order valence-electron chi connectivity index (χ2n) is 7.80. The molecule has 0 aliphatic carbocycles. The van der Waals surface area contributed by atoms with Gasteiger partial charge in [-0.1, -0.05) is 6.07 Å². The maximum absolute atomic E-state index is 13.8. The Hall–Kier alpha value is -4.38. The Morgan fingerprint density at radius 3 is 2.61 bits per heavy atom. The van der Waals surface area contributed by atoms with Gasteiger partial charge in [0.25, 0.3) is 5.56 Å². The first-order valence-electron chi connectivity index (χ1n) is 11.2. The molecule has 0 spiro atoms. The van der Waals surface area contributed by atoms with E-state index < -0.39 is 6.61 Å². The van der Waals surface area contributed by atoms with Crippen molar-refractivity contribution in [3.63, 3.8) is 0 Å². The predicted molar refractivity (Wildman–Crippen MR) is 129 cm³/mol. The van der Waals surface area contributed by atoms with Crippen molar-refractivity contribution in [2.24, 2.45) is 0 Å². The normalized spacial score (nSPS) is 11.5. The van der Waals surface area contributed by atoms with Gasteiger partial charge in [-0.15, -0.1) is 0 Å². The van der Waals surface area contributed by atoms with Crippen LogP contribution in [0.4, 0.5) is 8.78 Å². The highest BCUT2D eigenvalue weighted by Gasteiger charge is 2.17. The molecule has 11 heteroatoms. The first kappa shape index (κ1) is 23.4. The quantitative estimate of drug-likeness (QED) is 0.351. The summed E-state index contributed by atoms with van der Waals surface area (Å²) in [5, 5.41) is 9.93. The summed E-state index contributed by atoms with van der Waals surface area (Å²) in [5.41, 5.74) is 2.84. The number of aliphatic hydroxyl groups is 1. The number of halogens is 2. The monoisotopic (exact) mass is 493 g/mol. The van der Waals surface area contributed by atoms with Crippen molar-refractivity contribution in [3.8, 4) is 28.6 Å². The number of fused-ring (bicyclic) bond motifs is 2. The van der Waals surface area contributed by atoms with Crippen molar-refractivity contribution in [1.29, 1.82) is 0 Å². The van der Waals surface area contributed by atoms with E-state index >= 15 is 0 Å². The Bertz CT molecular complexity index is 1600. The zero-order valence-electron chi connectivity index (χ0n) is 19.1. The number of aliphatic hydroxyl groups excluding tert-OH is 1. The second kappa shape index (κ2) is 9.70. The van der Waals surface area contributed by atoms with E-state index in [9.17, 15) is 18.7 Å². The van der Waals surface area contributed by atoms with E-state index in [1.54, 1.807) is 42.2 Å². The van der Waals surface area contributed by atoms with E-state index in [1.165, 1.54) is 28.8 Å². The van der Waals surface area contributed by atoms with Gasteiger partial charge in [-0.05, 0) is 55.0 Å². The molecule has 2 aromatic carbocycles. The standard InChI is InChI=1S/C25H21F2N5O4/c1-2-35-25-28-13-16-11-19(15-3-8-20-21(12-15)31(9-10-33)14-29-20)23(34)32(22(16)30-25)17-4-6-18(7-5-17)36-24(26)27/h3-8,11-14,24,33H,2,9-10H2,1H3. The molecule has 3 heterocycles. The van der Waals surface area contributed by atoms with Crippen molar-refractivity contribution in [3.05, 3.63) is 71.4 Å². The molecule has 0 bridgehead atoms. The van der Waals surface area contributed by atoms with E-state index in [0.717, 1.165) is 11.0 Å². The van der Waals surface area contributed by atoms with Crippen molar-refractivity contribution in [2.75, 3.05) is 13.2 Å². The SMILES string of the molecule is CCOc1ncc2cc(-c3ccc4ncn(CCO)c4c3)c(=O)n(-c3ccc(OC(F)F)cc3)c2n1. The van der Waals surface area contributed by atoms with Crippen LogP contribution in [0.3, 0.4) is 0 Å². The van der Waals surface area contributed by atoms with Gasteiger partial charge < -0.3 is 19.1 Å². The van der Waals surface area contributed by atoms with Crippen LogP contribution in [-0.4, -0.2) is 49.0 Å². The van der Waals surface area contributed by atoms with Crippen LogP contribution in [0.5, 0.6) is 11.8 Å². The fourth-order valence-electron chi connectivity index (χ4n) is 4.01. The summed E-state index contributed by atoms with van der Waals surface area (Å²) in [6, 6.07) is 13.0. The number of benzene rings is 2. The fraction of sp³-hybridized carbons (Fsp3) is 0.200. The Kier molecular flexibility index (Phi) is 6.30. The maximum atomic E-state index is 13.8. The van der Waals surface area contributed by atoms with Crippen LogP contribution in [0.25, 0.3) is 38.9 Å². The van der Waals surface area contributed by atoms with Crippen molar-refractivity contribution >= 4 is 22.1 Å². The Morgan fingerprint density at radius 2 is 1.89 bits per heavy atom. The highest BCUT2D eigenvalue weighted by molar-refractivity contribution is 5.86. The fourth-order valence-corrected chi connectivity index (χ4v) is 4.01. The number of alkyl halides is 2.